The standard InChI is InChI=1S/C15H25N3OS.ClH/c1-10-11(2)15(20-12(10)3)17-14(19)9-18-7-5-6-13(8-18)16-4;/h13,16H,5-9H2,1-4H3,(H,17,19);1H. The van der Waals surface area contributed by atoms with E-state index in [9.17, 15) is 4.79 Å². The number of likely N-dealkylation sites (tertiary alicyclic amines) is 1. The lowest BCUT2D eigenvalue weighted by atomic mass is 10.1. The summed E-state index contributed by atoms with van der Waals surface area (Å²) >= 11 is 1.67. The van der Waals surface area contributed by atoms with E-state index in [0.29, 0.717) is 12.6 Å². The maximum Gasteiger partial charge on any atom is 0.239 e. The van der Waals surface area contributed by atoms with Gasteiger partial charge in [0.2, 0.25) is 5.91 Å². The predicted molar refractivity (Wildman–Crippen MR) is 92.9 cm³/mol. The Morgan fingerprint density at radius 3 is 2.62 bits per heavy atom. The first-order chi connectivity index (χ1) is 9.51. The highest BCUT2D eigenvalue weighted by Crippen LogP contribution is 2.31. The minimum Gasteiger partial charge on any atom is -0.316 e. The number of nitrogens with one attached hydrogen (secondary N) is 2. The minimum atomic E-state index is 0. The van der Waals surface area contributed by atoms with E-state index in [4.69, 9.17) is 0 Å². The summed E-state index contributed by atoms with van der Waals surface area (Å²) in [5, 5.41) is 7.38. The number of aryl methyl sites for hydroxylation is 1. The van der Waals surface area contributed by atoms with Crippen molar-refractivity contribution in [1.29, 1.82) is 0 Å². The van der Waals surface area contributed by atoms with Crippen molar-refractivity contribution in [2.45, 2.75) is 39.7 Å². The Bertz CT molecular complexity index is 490. The van der Waals surface area contributed by atoms with Gasteiger partial charge in [-0.1, -0.05) is 0 Å². The third-order valence-corrected chi connectivity index (χ3v) is 5.45. The van der Waals surface area contributed by atoms with Gasteiger partial charge in [-0.05, 0) is 58.3 Å². The molecule has 2 rings (SSSR count). The summed E-state index contributed by atoms with van der Waals surface area (Å²) in [6.07, 6.45) is 2.37. The van der Waals surface area contributed by atoms with E-state index in [1.165, 1.54) is 22.4 Å². The number of carbonyl (C=O) groups excluding carboxylic acids is 1. The quantitative estimate of drug-likeness (QED) is 0.891. The Hall–Kier alpha value is -0.620. The van der Waals surface area contributed by atoms with Crippen LogP contribution < -0.4 is 10.6 Å². The maximum absolute atomic E-state index is 12.2. The highest BCUT2D eigenvalue weighted by atomic mass is 35.5. The van der Waals surface area contributed by atoms with E-state index in [2.05, 4.69) is 36.3 Å². The SMILES string of the molecule is CNC1CCCN(CC(=O)Nc2sc(C)c(C)c2C)C1.Cl. The molecule has 1 fully saturated rings. The molecule has 1 aromatic heterocycles. The second kappa shape index (κ2) is 8.13. The molecule has 0 saturated carbocycles. The summed E-state index contributed by atoms with van der Waals surface area (Å²) in [6, 6.07) is 0.518. The van der Waals surface area contributed by atoms with Crippen molar-refractivity contribution in [2.75, 3.05) is 32.0 Å². The number of amides is 1. The van der Waals surface area contributed by atoms with Crippen LogP contribution in [-0.2, 0) is 4.79 Å². The number of rotatable bonds is 4. The van der Waals surface area contributed by atoms with E-state index in [1.807, 2.05) is 7.05 Å². The first kappa shape index (κ1) is 18.4. The monoisotopic (exact) mass is 331 g/mol. The topological polar surface area (TPSA) is 44.4 Å². The molecule has 1 aliphatic heterocycles. The molecule has 0 spiro atoms. The lowest BCUT2D eigenvalue weighted by molar-refractivity contribution is -0.117. The van der Waals surface area contributed by atoms with Gasteiger partial charge in [-0.15, -0.1) is 23.7 Å². The first-order valence-corrected chi connectivity index (χ1v) is 8.09. The van der Waals surface area contributed by atoms with Crippen LogP contribution in [0.5, 0.6) is 0 Å². The van der Waals surface area contributed by atoms with Gasteiger partial charge >= 0.3 is 0 Å². The van der Waals surface area contributed by atoms with Crippen molar-refractivity contribution in [3.8, 4) is 0 Å². The number of anilines is 1. The molecule has 1 aliphatic rings. The summed E-state index contributed by atoms with van der Waals surface area (Å²) in [6.45, 7) is 8.77. The van der Waals surface area contributed by atoms with E-state index in [1.54, 1.807) is 11.3 Å². The van der Waals surface area contributed by atoms with Crippen molar-refractivity contribution in [3.05, 3.63) is 16.0 Å². The zero-order valence-corrected chi connectivity index (χ0v) is 14.9. The fraction of sp³-hybridized carbons (Fsp3) is 0.667. The molecule has 6 heteroatoms. The van der Waals surface area contributed by atoms with Crippen molar-refractivity contribution < 1.29 is 4.79 Å². The van der Waals surface area contributed by atoms with Crippen LogP contribution in [0.3, 0.4) is 0 Å². The van der Waals surface area contributed by atoms with Crippen LogP contribution in [0.2, 0.25) is 0 Å². The number of hydrogen-bond acceptors (Lipinski definition) is 4. The molecule has 1 unspecified atom stereocenters. The molecule has 0 aliphatic carbocycles. The fourth-order valence-corrected chi connectivity index (χ4v) is 3.75. The fourth-order valence-electron chi connectivity index (χ4n) is 2.66. The minimum absolute atomic E-state index is 0. The molecule has 0 radical (unpaired) electrons. The maximum atomic E-state index is 12.2. The second-order valence-electron chi connectivity index (χ2n) is 5.65. The Morgan fingerprint density at radius 1 is 1.33 bits per heavy atom. The van der Waals surface area contributed by atoms with Crippen LogP contribution in [0.1, 0.15) is 28.8 Å². The van der Waals surface area contributed by atoms with Crippen LogP contribution in [0.15, 0.2) is 0 Å². The third kappa shape index (κ3) is 4.68. The van der Waals surface area contributed by atoms with Crippen molar-refractivity contribution >= 4 is 34.7 Å². The van der Waals surface area contributed by atoms with Crippen molar-refractivity contribution in [3.63, 3.8) is 0 Å². The number of hydrogen-bond donors (Lipinski definition) is 2. The van der Waals surface area contributed by atoms with Crippen LogP contribution in [0, 0.1) is 20.8 Å². The number of likely N-dealkylation sites (N-methyl/N-ethyl adjacent to an activating group) is 1. The van der Waals surface area contributed by atoms with Crippen LogP contribution >= 0.6 is 23.7 Å². The van der Waals surface area contributed by atoms with Crippen LogP contribution in [-0.4, -0.2) is 43.5 Å². The van der Waals surface area contributed by atoms with Crippen LogP contribution in [0.4, 0.5) is 5.00 Å². The Balaban J connectivity index is 0.00000220. The molecule has 1 saturated heterocycles. The highest BCUT2D eigenvalue weighted by Gasteiger charge is 2.21. The number of nitrogens with zero attached hydrogens (tertiary/aromatic N) is 1. The predicted octanol–water partition coefficient (Wildman–Crippen LogP) is 2.72. The average molecular weight is 332 g/mol. The van der Waals surface area contributed by atoms with E-state index in [0.717, 1.165) is 24.5 Å². The normalized spacial score (nSPS) is 19.1. The lowest BCUT2D eigenvalue weighted by Gasteiger charge is -2.31. The molecular formula is C15H26ClN3OS. The summed E-state index contributed by atoms with van der Waals surface area (Å²) < 4.78 is 0. The Kier molecular flexibility index (Phi) is 7.13. The molecular weight excluding hydrogens is 306 g/mol. The molecule has 2 N–H and O–H groups in total. The third-order valence-electron chi connectivity index (χ3n) is 4.22. The van der Waals surface area contributed by atoms with E-state index in [-0.39, 0.29) is 18.3 Å². The summed E-state index contributed by atoms with van der Waals surface area (Å²) in [4.78, 5) is 15.7. The summed E-state index contributed by atoms with van der Waals surface area (Å²) in [7, 11) is 1.99. The number of thiophene rings is 1. The molecule has 21 heavy (non-hydrogen) atoms. The van der Waals surface area contributed by atoms with Gasteiger partial charge in [-0.25, -0.2) is 0 Å². The molecule has 1 aromatic rings. The molecule has 1 amide bonds. The molecule has 0 bridgehead atoms. The molecule has 120 valence electrons. The summed E-state index contributed by atoms with van der Waals surface area (Å²) in [5.41, 5.74) is 2.49. The van der Waals surface area contributed by atoms with Gasteiger partial charge in [0, 0.05) is 17.5 Å². The molecule has 1 atom stereocenters. The van der Waals surface area contributed by atoms with E-state index < -0.39 is 0 Å². The second-order valence-corrected chi connectivity index (χ2v) is 6.87. The van der Waals surface area contributed by atoms with Gasteiger partial charge in [0.15, 0.2) is 0 Å². The number of carbonyl (C=O) groups is 1. The smallest absolute Gasteiger partial charge is 0.239 e. The van der Waals surface area contributed by atoms with Gasteiger partial charge in [0.05, 0.1) is 11.5 Å². The largest absolute Gasteiger partial charge is 0.316 e. The van der Waals surface area contributed by atoms with Gasteiger partial charge < -0.3 is 10.6 Å². The first-order valence-electron chi connectivity index (χ1n) is 7.27. The Labute approximate surface area is 137 Å². The van der Waals surface area contributed by atoms with Crippen molar-refractivity contribution in [1.82, 2.24) is 10.2 Å². The Morgan fingerprint density at radius 2 is 2.05 bits per heavy atom. The molecule has 2 heterocycles. The van der Waals surface area contributed by atoms with Crippen LogP contribution in [0.25, 0.3) is 0 Å². The molecule has 4 nitrogen and oxygen atoms in total. The van der Waals surface area contributed by atoms with E-state index >= 15 is 0 Å². The molecule has 0 aromatic carbocycles. The average Bonchev–Trinajstić information content (AvgIpc) is 2.66. The number of piperidine rings is 1. The summed E-state index contributed by atoms with van der Waals surface area (Å²) in [5.74, 6) is 0.103. The lowest BCUT2D eigenvalue weighted by Crippen LogP contribution is -2.46. The zero-order chi connectivity index (χ0) is 14.7. The van der Waals surface area contributed by atoms with Gasteiger partial charge in [0.25, 0.3) is 0 Å². The van der Waals surface area contributed by atoms with Crippen molar-refractivity contribution in [2.24, 2.45) is 0 Å². The van der Waals surface area contributed by atoms with Gasteiger partial charge in [0.1, 0.15) is 0 Å². The zero-order valence-electron chi connectivity index (χ0n) is 13.3. The highest BCUT2D eigenvalue weighted by molar-refractivity contribution is 7.16. The van der Waals surface area contributed by atoms with Gasteiger partial charge in [-0.3, -0.25) is 9.69 Å². The van der Waals surface area contributed by atoms with Gasteiger partial charge in [-0.2, -0.15) is 0 Å². The number of halogens is 1.